The predicted molar refractivity (Wildman–Crippen MR) is 45.4 cm³/mol. The molecule has 2 heteroatoms. The summed E-state index contributed by atoms with van der Waals surface area (Å²) in [7, 11) is 0. The van der Waals surface area contributed by atoms with Gasteiger partial charge in [0, 0.05) is 15.9 Å². The molecule has 1 heterocycles. The fourth-order valence-corrected chi connectivity index (χ4v) is 2.22. The molecule has 10 heavy (non-hydrogen) atoms. The van der Waals surface area contributed by atoms with E-state index in [1.54, 1.807) is 11.3 Å². The summed E-state index contributed by atoms with van der Waals surface area (Å²) in [5, 5.41) is 2.06. The summed E-state index contributed by atoms with van der Waals surface area (Å²) in [5.41, 5.74) is 8.25. The molecular formula is C8H11NS. The molecule has 0 amide bonds. The van der Waals surface area contributed by atoms with Gasteiger partial charge in [-0.1, -0.05) is 0 Å². The maximum absolute atomic E-state index is 5.79. The third kappa shape index (κ3) is 0.833. The Labute approximate surface area is 64.9 Å². The smallest absolute Gasteiger partial charge is 0.0460 e. The summed E-state index contributed by atoms with van der Waals surface area (Å²) in [6.45, 7) is 2.16. The first-order valence-corrected chi connectivity index (χ1v) is 4.50. The van der Waals surface area contributed by atoms with E-state index in [9.17, 15) is 0 Å². The Morgan fingerprint density at radius 2 is 2.30 bits per heavy atom. The molecule has 0 spiro atoms. The third-order valence-electron chi connectivity index (χ3n) is 2.04. The Balaban J connectivity index is 2.44. The van der Waals surface area contributed by atoms with E-state index in [-0.39, 0.29) is 0 Å². The van der Waals surface area contributed by atoms with Crippen molar-refractivity contribution in [1.29, 1.82) is 0 Å². The number of nitrogen functional groups attached to an aromatic ring is 1. The van der Waals surface area contributed by atoms with Gasteiger partial charge in [-0.15, -0.1) is 11.3 Å². The van der Waals surface area contributed by atoms with Gasteiger partial charge in [-0.3, -0.25) is 0 Å². The number of aryl methyl sites for hydroxylation is 1. The molecule has 0 atom stereocenters. The summed E-state index contributed by atoms with van der Waals surface area (Å²) in [6.07, 6.45) is 2.70. The van der Waals surface area contributed by atoms with E-state index in [0.717, 1.165) is 11.6 Å². The number of rotatable bonds is 1. The molecule has 0 aromatic carbocycles. The van der Waals surface area contributed by atoms with E-state index < -0.39 is 0 Å². The first kappa shape index (κ1) is 6.23. The van der Waals surface area contributed by atoms with Crippen LogP contribution in [0, 0.1) is 6.92 Å². The molecule has 1 aromatic heterocycles. The van der Waals surface area contributed by atoms with Gasteiger partial charge in [-0.05, 0) is 31.2 Å². The van der Waals surface area contributed by atoms with Gasteiger partial charge in [-0.2, -0.15) is 0 Å². The Kier molecular flexibility index (Phi) is 1.24. The zero-order chi connectivity index (χ0) is 7.14. The second-order valence-corrected chi connectivity index (χ2v) is 4.02. The maximum atomic E-state index is 5.79. The molecule has 1 aliphatic carbocycles. The van der Waals surface area contributed by atoms with Crippen LogP contribution in [0.25, 0.3) is 0 Å². The molecular weight excluding hydrogens is 142 g/mol. The first-order valence-electron chi connectivity index (χ1n) is 3.62. The fraction of sp³-hybridized carbons (Fsp3) is 0.500. The van der Waals surface area contributed by atoms with Crippen LogP contribution >= 0.6 is 11.3 Å². The third-order valence-corrected chi connectivity index (χ3v) is 2.98. The van der Waals surface area contributed by atoms with Crippen molar-refractivity contribution >= 4 is 17.0 Å². The minimum atomic E-state index is 0.811. The van der Waals surface area contributed by atoms with Crippen LogP contribution in [0.15, 0.2) is 5.38 Å². The van der Waals surface area contributed by atoms with E-state index in [2.05, 4.69) is 12.3 Å². The number of hydrogen-bond donors (Lipinski definition) is 1. The van der Waals surface area contributed by atoms with Crippen LogP contribution in [-0.4, -0.2) is 0 Å². The highest BCUT2D eigenvalue weighted by Gasteiger charge is 2.27. The van der Waals surface area contributed by atoms with E-state index in [4.69, 9.17) is 5.73 Å². The van der Waals surface area contributed by atoms with E-state index in [1.807, 2.05) is 0 Å². The molecule has 2 rings (SSSR count). The van der Waals surface area contributed by atoms with Gasteiger partial charge >= 0.3 is 0 Å². The largest absolute Gasteiger partial charge is 0.398 e. The van der Waals surface area contributed by atoms with Gasteiger partial charge in [-0.25, -0.2) is 0 Å². The average Bonchev–Trinajstić information content (AvgIpc) is 2.64. The maximum Gasteiger partial charge on any atom is 0.0460 e. The second kappa shape index (κ2) is 1.99. The average molecular weight is 153 g/mol. The summed E-state index contributed by atoms with van der Waals surface area (Å²) in [5.74, 6) is 0.811. The lowest BCUT2D eigenvalue weighted by atomic mass is 10.1. The molecule has 1 aromatic rings. The molecule has 1 nitrogen and oxygen atoms in total. The molecule has 2 N–H and O–H groups in total. The minimum absolute atomic E-state index is 0.811. The van der Waals surface area contributed by atoms with Crippen molar-refractivity contribution in [2.75, 3.05) is 5.73 Å². The molecule has 1 fully saturated rings. The molecule has 1 aliphatic rings. The minimum Gasteiger partial charge on any atom is -0.398 e. The summed E-state index contributed by atoms with van der Waals surface area (Å²) in [6, 6.07) is 0. The van der Waals surface area contributed by atoms with Crippen molar-refractivity contribution in [3.8, 4) is 0 Å². The van der Waals surface area contributed by atoms with Crippen LogP contribution < -0.4 is 5.73 Å². The highest BCUT2D eigenvalue weighted by Crippen LogP contribution is 2.46. The van der Waals surface area contributed by atoms with Crippen LogP contribution in [0.4, 0.5) is 5.69 Å². The highest BCUT2D eigenvalue weighted by atomic mass is 32.1. The van der Waals surface area contributed by atoms with Gasteiger partial charge in [0.25, 0.3) is 0 Å². The molecule has 0 aliphatic heterocycles. The lowest BCUT2D eigenvalue weighted by Gasteiger charge is -1.96. The van der Waals surface area contributed by atoms with Crippen LogP contribution in [-0.2, 0) is 0 Å². The number of nitrogens with two attached hydrogens (primary N) is 1. The van der Waals surface area contributed by atoms with Crippen molar-refractivity contribution in [3.63, 3.8) is 0 Å². The monoisotopic (exact) mass is 153 g/mol. The zero-order valence-corrected chi connectivity index (χ0v) is 6.87. The van der Waals surface area contributed by atoms with Gasteiger partial charge < -0.3 is 5.73 Å². The van der Waals surface area contributed by atoms with Crippen molar-refractivity contribution in [1.82, 2.24) is 0 Å². The summed E-state index contributed by atoms with van der Waals surface area (Å²) < 4.78 is 0. The molecule has 0 bridgehead atoms. The van der Waals surface area contributed by atoms with Crippen LogP contribution in [0.5, 0.6) is 0 Å². The van der Waals surface area contributed by atoms with Crippen LogP contribution in [0.1, 0.15) is 29.2 Å². The quantitative estimate of drug-likeness (QED) is 0.659. The lowest BCUT2D eigenvalue weighted by molar-refractivity contribution is 1.13. The topological polar surface area (TPSA) is 26.0 Å². The Bertz CT molecular complexity index is 228. The van der Waals surface area contributed by atoms with Gasteiger partial charge in [0.1, 0.15) is 0 Å². The van der Waals surface area contributed by atoms with E-state index >= 15 is 0 Å². The van der Waals surface area contributed by atoms with Gasteiger partial charge in [0.2, 0.25) is 0 Å². The standard InChI is InChI=1S/C8H11NS/c1-5-8(6-2-3-6)7(9)4-10-5/h4,6H,2-3,9H2,1H3. The number of hydrogen-bond acceptors (Lipinski definition) is 2. The molecule has 0 radical (unpaired) electrons. The van der Waals surface area contributed by atoms with Crippen molar-refractivity contribution in [3.05, 3.63) is 15.8 Å². The van der Waals surface area contributed by atoms with Gasteiger partial charge in [0.05, 0.1) is 0 Å². The van der Waals surface area contributed by atoms with E-state index in [0.29, 0.717) is 0 Å². The summed E-state index contributed by atoms with van der Waals surface area (Å²) in [4.78, 5) is 1.42. The SMILES string of the molecule is Cc1scc(N)c1C1CC1. The fourth-order valence-electron chi connectivity index (χ4n) is 1.38. The van der Waals surface area contributed by atoms with Crippen molar-refractivity contribution in [2.45, 2.75) is 25.7 Å². The van der Waals surface area contributed by atoms with Gasteiger partial charge in [0.15, 0.2) is 0 Å². The zero-order valence-electron chi connectivity index (χ0n) is 6.05. The van der Waals surface area contributed by atoms with E-state index in [1.165, 1.54) is 23.3 Å². The first-order chi connectivity index (χ1) is 4.79. The molecule has 54 valence electrons. The number of anilines is 1. The Morgan fingerprint density at radius 3 is 2.70 bits per heavy atom. The predicted octanol–water partition coefficient (Wildman–Crippen LogP) is 2.52. The Hall–Kier alpha value is -0.500. The number of thiophene rings is 1. The molecule has 0 saturated heterocycles. The second-order valence-electron chi connectivity index (χ2n) is 2.94. The van der Waals surface area contributed by atoms with Crippen LogP contribution in [0.3, 0.4) is 0 Å². The summed E-state index contributed by atoms with van der Waals surface area (Å²) >= 11 is 1.77. The Morgan fingerprint density at radius 1 is 1.60 bits per heavy atom. The normalized spacial score (nSPS) is 17.7. The highest BCUT2D eigenvalue weighted by molar-refractivity contribution is 7.10. The molecule has 1 saturated carbocycles. The lowest BCUT2D eigenvalue weighted by Crippen LogP contribution is -1.87. The van der Waals surface area contributed by atoms with Crippen molar-refractivity contribution < 1.29 is 0 Å². The molecule has 0 unspecified atom stereocenters. The van der Waals surface area contributed by atoms with Crippen molar-refractivity contribution in [2.24, 2.45) is 0 Å². The van der Waals surface area contributed by atoms with Crippen LogP contribution in [0.2, 0.25) is 0 Å².